The van der Waals surface area contributed by atoms with Gasteiger partial charge in [0.15, 0.2) is 6.10 Å². The van der Waals surface area contributed by atoms with Crippen LogP contribution in [0.3, 0.4) is 0 Å². The van der Waals surface area contributed by atoms with E-state index in [2.05, 4.69) is 54.8 Å². The van der Waals surface area contributed by atoms with Crippen molar-refractivity contribution in [2.75, 3.05) is 20.3 Å². The number of esters is 2. The molecule has 2 unspecified atom stereocenters. The van der Waals surface area contributed by atoms with E-state index < -0.39 is 26.5 Å². The molecule has 9 heteroatoms. The van der Waals surface area contributed by atoms with Gasteiger partial charge in [0.05, 0.1) is 6.61 Å². The highest BCUT2D eigenvalue weighted by molar-refractivity contribution is 7.47. The summed E-state index contributed by atoms with van der Waals surface area (Å²) >= 11 is 0. The Balaban J connectivity index is 4.01. The fourth-order valence-electron chi connectivity index (χ4n) is 5.73. The van der Waals surface area contributed by atoms with Crippen molar-refractivity contribution in [3.05, 3.63) is 36.5 Å². The molecule has 0 aromatic heterocycles. The lowest BCUT2D eigenvalue weighted by Crippen LogP contribution is -2.29. The SMILES string of the molecule is CC/C=C\C/C=C\C/C=C\CCCCCCCC(=O)OC(COC(=O)CCCCCCCCCCCCCCCCCCC)COP(=O)(O)OC. The smallest absolute Gasteiger partial charge is 0.462 e. The van der Waals surface area contributed by atoms with Gasteiger partial charge in [0, 0.05) is 20.0 Å². The van der Waals surface area contributed by atoms with Gasteiger partial charge in [-0.2, -0.15) is 0 Å². The largest absolute Gasteiger partial charge is 0.472 e. The number of phosphoric acid groups is 1. The standard InChI is InChI=1S/C42H77O8P/c1-4-6-8-10-12-14-16-18-20-21-23-24-26-28-30-32-34-36-41(43)48-38-40(39-49-51(45,46)47-3)50-42(44)37-35-33-31-29-27-25-22-19-17-15-13-11-9-7-5-2/h7,9,13,15,19,22,40H,4-6,8,10-12,14,16-18,20-21,23-39H2,1-3H3,(H,45,46)/b9-7-,15-13-,22-19-. The number of carbonyl (C=O) groups is 2. The summed E-state index contributed by atoms with van der Waals surface area (Å²) in [5, 5.41) is 0. The van der Waals surface area contributed by atoms with Crippen LogP contribution >= 0.6 is 7.82 Å². The van der Waals surface area contributed by atoms with Gasteiger partial charge in [-0.05, 0) is 44.9 Å². The quantitative estimate of drug-likeness (QED) is 0.0288. The van der Waals surface area contributed by atoms with E-state index in [0.29, 0.717) is 12.8 Å². The van der Waals surface area contributed by atoms with Gasteiger partial charge in [0.25, 0.3) is 0 Å². The van der Waals surface area contributed by atoms with E-state index in [1.54, 1.807) is 0 Å². The molecule has 0 rings (SSSR count). The summed E-state index contributed by atoms with van der Waals surface area (Å²) in [6.45, 7) is 3.77. The Morgan fingerprint density at radius 3 is 1.49 bits per heavy atom. The summed E-state index contributed by atoms with van der Waals surface area (Å²) in [4.78, 5) is 34.4. The first kappa shape index (κ1) is 49.3. The molecule has 0 saturated heterocycles. The fourth-order valence-corrected chi connectivity index (χ4v) is 6.19. The molecule has 0 spiro atoms. The van der Waals surface area contributed by atoms with Gasteiger partial charge < -0.3 is 14.4 Å². The first-order valence-corrected chi connectivity index (χ1v) is 22.2. The second-order valence-corrected chi connectivity index (χ2v) is 15.3. The van der Waals surface area contributed by atoms with Crippen molar-refractivity contribution in [3.8, 4) is 0 Å². The molecule has 0 aromatic rings. The Kier molecular flexibility index (Phi) is 36.7. The summed E-state index contributed by atoms with van der Waals surface area (Å²) in [7, 11) is -3.20. The van der Waals surface area contributed by atoms with Gasteiger partial charge in [0.1, 0.15) is 6.61 Å². The molecule has 0 aromatic carbocycles. The zero-order valence-electron chi connectivity index (χ0n) is 33.0. The molecule has 0 amide bonds. The molecular weight excluding hydrogens is 663 g/mol. The molecule has 0 fully saturated rings. The van der Waals surface area contributed by atoms with E-state index in [1.165, 1.54) is 89.9 Å². The molecule has 51 heavy (non-hydrogen) atoms. The van der Waals surface area contributed by atoms with Gasteiger partial charge in [-0.15, -0.1) is 0 Å². The van der Waals surface area contributed by atoms with Crippen LogP contribution in [0.15, 0.2) is 36.5 Å². The third-order valence-electron chi connectivity index (χ3n) is 8.90. The van der Waals surface area contributed by atoms with E-state index in [9.17, 15) is 19.0 Å². The predicted octanol–water partition coefficient (Wildman–Crippen LogP) is 12.8. The van der Waals surface area contributed by atoms with Crippen molar-refractivity contribution in [1.82, 2.24) is 0 Å². The highest BCUT2D eigenvalue weighted by Crippen LogP contribution is 2.42. The predicted molar refractivity (Wildman–Crippen MR) is 212 cm³/mol. The first-order chi connectivity index (χ1) is 24.8. The highest BCUT2D eigenvalue weighted by Gasteiger charge is 2.24. The Morgan fingerprint density at radius 1 is 0.569 bits per heavy atom. The Hall–Kier alpha value is -1.73. The van der Waals surface area contributed by atoms with Crippen molar-refractivity contribution in [2.24, 2.45) is 0 Å². The summed E-state index contributed by atoms with van der Waals surface area (Å²) in [5.74, 6) is -0.818. The van der Waals surface area contributed by atoms with Gasteiger partial charge in [-0.1, -0.05) is 172 Å². The van der Waals surface area contributed by atoms with Crippen LogP contribution in [0.5, 0.6) is 0 Å². The maximum atomic E-state index is 12.5. The minimum atomic E-state index is -4.26. The Labute approximate surface area is 313 Å². The lowest BCUT2D eigenvalue weighted by Gasteiger charge is -2.19. The molecule has 0 aliphatic heterocycles. The zero-order valence-corrected chi connectivity index (χ0v) is 33.9. The molecule has 8 nitrogen and oxygen atoms in total. The Bertz CT molecular complexity index is 932. The number of phosphoric ester groups is 1. The Morgan fingerprint density at radius 2 is 1.00 bits per heavy atom. The number of hydrogen-bond acceptors (Lipinski definition) is 7. The minimum Gasteiger partial charge on any atom is -0.462 e. The summed E-state index contributed by atoms with van der Waals surface area (Å²) in [5.41, 5.74) is 0. The van der Waals surface area contributed by atoms with E-state index in [4.69, 9.17) is 14.0 Å². The molecule has 0 bridgehead atoms. The van der Waals surface area contributed by atoms with Gasteiger partial charge in [0.2, 0.25) is 0 Å². The van der Waals surface area contributed by atoms with Crippen molar-refractivity contribution < 1.29 is 37.6 Å². The van der Waals surface area contributed by atoms with Crippen LogP contribution in [-0.2, 0) is 32.7 Å². The maximum Gasteiger partial charge on any atom is 0.472 e. The number of ether oxygens (including phenoxy) is 2. The first-order valence-electron chi connectivity index (χ1n) is 20.7. The molecule has 0 heterocycles. The van der Waals surface area contributed by atoms with E-state index in [0.717, 1.165) is 77.7 Å². The van der Waals surface area contributed by atoms with Crippen LogP contribution in [0.25, 0.3) is 0 Å². The maximum absolute atomic E-state index is 12.5. The van der Waals surface area contributed by atoms with Gasteiger partial charge in [-0.3, -0.25) is 18.6 Å². The normalized spacial score (nSPS) is 13.7. The monoisotopic (exact) mass is 741 g/mol. The average molecular weight is 741 g/mol. The fraction of sp³-hybridized carbons (Fsp3) is 0.810. The molecular formula is C42H77O8P. The number of carbonyl (C=O) groups excluding carboxylic acids is 2. The van der Waals surface area contributed by atoms with Crippen LogP contribution in [0.4, 0.5) is 0 Å². The third-order valence-corrected chi connectivity index (χ3v) is 9.84. The topological polar surface area (TPSA) is 108 Å². The average Bonchev–Trinajstić information content (AvgIpc) is 3.12. The van der Waals surface area contributed by atoms with Crippen molar-refractivity contribution in [2.45, 2.75) is 200 Å². The molecule has 0 radical (unpaired) electrons. The molecule has 298 valence electrons. The van der Waals surface area contributed by atoms with Gasteiger partial charge >= 0.3 is 19.8 Å². The van der Waals surface area contributed by atoms with Crippen LogP contribution in [-0.4, -0.2) is 43.3 Å². The van der Waals surface area contributed by atoms with Crippen LogP contribution in [0, 0.1) is 0 Å². The lowest BCUT2D eigenvalue weighted by atomic mass is 10.0. The van der Waals surface area contributed by atoms with Crippen LogP contribution in [0.1, 0.15) is 194 Å². The molecule has 0 saturated carbocycles. The lowest BCUT2D eigenvalue weighted by molar-refractivity contribution is -0.161. The summed E-state index contributed by atoms with van der Waals surface area (Å²) in [6, 6.07) is 0. The van der Waals surface area contributed by atoms with Crippen LogP contribution in [0.2, 0.25) is 0 Å². The zero-order chi connectivity index (χ0) is 37.5. The van der Waals surface area contributed by atoms with E-state index in [-0.39, 0.29) is 19.0 Å². The van der Waals surface area contributed by atoms with Crippen molar-refractivity contribution >= 4 is 19.8 Å². The molecule has 2 atom stereocenters. The molecule has 0 aliphatic carbocycles. The summed E-state index contributed by atoms with van der Waals surface area (Å²) in [6.07, 6.45) is 43.4. The summed E-state index contributed by atoms with van der Waals surface area (Å²) < 4.78 is 31.9. The third kappa shape index (κ3) is 37.8. The van der Waals surface area contributed by atoms with Crippen molar-refractivity contribution in [1.29, 1.82) is 0 Å². The number of rotatable bonds is 38. The number of allylic oxidation sites excluding steroid dienone is 6. The van der Waals surface area contributed by atoms with Crippen molar-refractivity contribution in [3.63, 3.8) is 0 Å². The second-order valence-electron chi connectivity index (χ2n) is 13.7. The number of unbranched alkanes of at least 4 members (excludes halogenated alkanes) is 21. The second kappa shape index (κ2) is 38.0. The van der Waals surface area contributed by atoms with E-state index in [1.807, 2.05) is 0 Å². The molecule has 1 N–H and O–H groups in total. The molecule has 0 aliphatic rings. The minimum absolute atomic E-state index is 0.227. The highest BCUT2D eigenvalue weighted by atomic mass is 31.2. The number of hydrogen-bond donors (Lipinski definition) is 1. The van der Waals surface area contributed by atoms with E-state index >= 15 is 0 Å². The van der Waals surface area contributed by atoms with Gasteiger partial charge in [-0.25, -0.2) is 4.57 Å². The van der Waals surface area contributed by atoms with Crippen LogP contribution < -0.4 is 0 Å².